The highest BCUT2D eigenvalue weighted by Gasteiger charge is 2.25. The van der Waals surface area contributed by atoms with Crippen molar-refractivity contribution in [3.05, 3.63) is 33.3 Å². The van der Waals surface area contributed by atoms with Crippen molar-refractivity contribution in [1.82, 2.24) is 10.2 Å². The number of halogens is 2. The summed E-state index contributed by atoms with van der Waals surface area (Å²) in [5, 5.41) is 3.51. The van der Waals surface area contributed by atoms with Crippen molar-refractivity contribution in [3.8, 4) is 0 Å². The molecule has 1 unspecified atom stereocenters. The van der Waals surface area contributed by atoms with Crippen molar-refractivity contribution in [2.75, 3.05) is 19.6 Å². The summed E-state index contributed by atoms with van der Waals surface area (Å²) in [7, 11) is 0. The predicted octanol–water partition coefficient (Wildman–Crippen LogP) is 3.95. The van der Waals surface area contributed by atoms with Crippen LogP contribution in [-0.4, -0.2) is 36.5 Å². The molecule has 21 heavy (non-hydrogen) atoms. The van der Waals surface area contributed by atoms with Crippen LogP contribution in [0.2, 0.25) is 5.02 Å². The molecule has 1 aromatic carbocycles. The predicted molar refractivity (Wildman–Crippen MR) is 90.9 cm³/mol. The van der Waals surface area contributed by atoms with E-state index in [1.807, 2.05) is 12.1 Å². The number of amides is 1. The molecule has 0 saturated carbocycles. The lowest BCUT2D eigenvalue weighted by atomic mass is 10.0. The van der Waals surface area contributed by atoms with Gasteiger partial charge in [0.15, 0.2) is 0 Å². The van der Waals surface area contributed by atoms with Gasteiger partial charge >= 0.3 is 0 Å². The van der Waals surface area contributed by atoms with Crippen molar-refractivity contribution in [2.24, 2.45) is 5.92 Å². The Labute approximate surface area is 140 Å². The number of carbonyl (C=O) groups is 1. The molecule has 1 amide bonds. The highest BCUT2D eigenvalue weighted by molar-refractivity contribution is 9.10. The lowest BCUT2D eigenvalue weighted by molar-refractivity contribution is 0.0927. The fourth-order valence-corrected chi connectivity index (χ4v) is 3.41. The summed E-state index contributed by atoms with van der Waals surface area (Å²) in [5.41, 5.74) is 0.523. The second-order valence-electron chi connectivity index (χ2n) is 5.87. The zero-order chi connectivity index (χ0) is 15.4. The molecule has 1 atom stereocenters. The van der Waals surface area contributed by atoms with Crippen LogP contribution in [-0.2, 0) is 0 Å². The average Bonchev–Trinajstić information content (AvgIpc) is 2.95. The van der Waals surface area contributed by atoms with Crippen molar-refractivity contribution in [3.63, 3.8) is 0 Å². The van der Waals surface area contributed by atoms with E-state index in [0.29, 0.717) is 29.1 Å². The van der Waals surface area contributed by atoms with E-state index in [-0.39, 0.29) is 5.91 Å². The van der Waals surface area contributed by atoms with Gasteiger partial charge in [-0.05, 0) is 59.9 Å². The summed E-state index contributed by atoms with van der Waals surface area (Å²) in [6, 6.07) is 5.80. The number of hydrogen-bond acceptors (Lipinski definition) is 2. The fourth-order valence-electron chi connectivity index (χ4n) is 2.83. The summed E-state index contributed by atoms with van der Waals surface area (Å²) in [6.07, 6.45) is 2.52. The van der Waals surface area contributed by atoms with Gasteiger partial charge in [0.25, 0.3) is 5.91 Å². The Bertz CT molecular complexity index is 501. The molecule has 3 nitrogen and oxygen atoms in total. The lowest BCUT2D eigenvalue weighted by Gasteiger charge is -2.31. The molecule has 1 aromatic rings. The Balaban J connectivity index is 2.00. The van der Waals surface area contributed by atoms with Gasteiger partial charge in [0, 0.05) is 17.1 Å². The first kappa shape index (κ1) is 16.8. The van der Waals surface area contributed by atoms with Crippen LogP contribution < -0.4 is 5.32 Å². The van der Waals surface area contributed by atoms with Crippen LogP contribution in [0.5, 0.6) is 0 Å². The molecule has 0 spiro atoms. The Morgan fingerprint density at radius 3 is 2.67 bits per heavy atom. The average molecular weight is 374 g/mol. The Hall–Kier alpha value is -0.580. The molecule has 0 aromatic heterocycles. The standard InChI is InChI=1S/C16H22BrClN2O/c1-11(2)14(20-8-3-4-9-20)10-19-16(21)12-6-5-7-13(17)15(12)18/h5-7,11,14H,3-4,8-10H2,1-2H3,(H,19,21). The smallest absolute Gasteiger partial charge is 0.252 e. The summed E-state index contributed by atoms with van der Waals surface area (Å²) in [6.45, 7) is 7.36. The van der Waals surface area contributed by atoms with Crippen LogP contribution in [0.4, 0.5) is 0 Å². The van der Waals surface area contributed by atoms with Crippen LogP contribution in [0.25, 0.3) is 0 Å². The van der Waals surface area contributed by atoms with E-state index in [0.717, 1.165) is 17.6 Å². The zero-order valence-electron chi connectivity index (χ0n) is 12.5. The summed E-state index contributed by atoms with van der Waals surface area (Å²) < 4.78 is 0.747. The maximum absolute atomic E-state index is 12.3. The summed E-state index contributed by atoms with van der Waals surface area (Å²) in [5.74, 6) is 0.410. The normalized spacial score (nSPS) is 17.2. The molecule has 1 aliphatic rings. The van der Waals surface area contributed by atoms with E-state index in [9.17, 15) is 4.79 Å². The topological polar surface area (TPSA) is 32.3 Å². The summed E-state index contributed by atoms with van der Waals surface area (Å²) >= 11 is 9.53. The third-order valence-electron chi connectivity index (χ3n) is 4.05. The van der Waals surface area contributed by atoms with Gasteiger partial charge in [-0.1, -0.05) is 31.5 Å². The third-order valence-corrected chi connectivity index (χ3v) is 5.34. The highest BCUT2D eigenvalue weighted by atomic mass is 79.9. The highest BCUT2D eigenvalue weighted by Crippen LogP contribution is 2.26. The third kappa shape index (κ3) is 4.21. The molecule has 2 rings (SSSR count). The molecule has 0 bridgehead atoms. The summed E-state index contributed by atoms with van der Waals surface area (Å²) in [4.78, 5) is 14.8. The number of nitrogens with one attached hydrogen (secondary N) is 1. The van der Waals surface area contributed by atoms with Gasteiger partial charge < -0.3 is 5.32 Å². The molecule has 0 radical (unpaired) electrons. The second kappa shape index (κ2) is 7.61. The number of benzene rings is 1. The lowest BCUT2D eigenvalue weighted by Crippen LogP contribution is -2.45. The molecule has 1 heterocycles. The van der Waals surface area contributed by atoms with E-state index in [1.165, 1.54) is 12.8 Å². The molecule has 1 saturated heterocycles. The first-order valence-electron chi connectivity index (χ1n) is 7.47. The van der Waals surface area contributed by atoms with Gasteiger partial charge in [-0.3, -0.25) is 9.69 Å². The Morgan fingerprint density at radius 1 is 1.38 bits per heavy atom. The molecule has 1 N–H and O–H groups in total. The van der Waals surface area contributed by atoms with Crippen molar-refractivity contribution in [1.29, 1.82) is 0 Å². The fraction of sp³-hybridized carbons (Fsp3) is 0.562. The quantitative estimate of drug-likeness (QED) is 0.847. The van der Waals surface area contributed by atoms with E-state index in [2.05, 4.69) is 40.0 Å². The minimum absolute atomic E-state index is 0.105. The molecular weight excluding hydrogens is 352 g/mol. The molecule has 1 fully saturated rings. The monoisotopic (exact) mass is 372 g/mol. The van der Waals surface area contributed by atoms with Crippen LogP contribution in [0.3, 0.4) is 0 Å². The zero-order valence-corrected chi connectivity index (χ0v) is 14.9. The maximum atomic E-state index is 12.3. The van der Waals surface area contributed by atoms with E-state index >= 15 is 0 Å². The van der Waals surface area contributed by atoms with Crippen LogP contribution in [0, 0.1) is 5.92 Å². The Kier molecular flexibility index (Phi) is 6.08. The molecule has 5 heteroatoms. The second-order valence-corrected chi connectivity index (χ2v) is 7.10. The molecular formula is C16H22BrClN2O. The van der Waals surface area contributed by atoms with Gasteiger partial charge in [-0.2, -0.15) is 0 Å². The SMILES string of the molecule is CC(C)C(CNC(=O)c1cccc(Br)c1Cl)N1CCCC1. The minimum Gasteiger partial charge on any atom is -0.350 e. The largest absolute Gasteiger partial charge is 0.350 e. The van der Waals surface area contributed by atoms with Gasteiger partial charge in [0.2, 0.25) is 0 Å². The molecule has 116 valence electrons. The van der Waals surface area contributed by atoms with Crippen molar-refractivity contribution < 1.29 is 4.79 Å². The number of rotatable bonds is 5. The van der Waals surface area contributed by atoms with Gasteiger partial charge in [-0.25, -0.2) is 0 Å². The van der Waals surface area contributed by atoms with E-state index < -0.39 is 0 Å². The number of nitrogens with zero attached hydrogens (tertiary/aromatic N) is 1. The molecule has 0 aliphatic carbocycles. The van der Waals surface area contributed by atoms with Crippen LogP contribution in [0.15, 0.2) is 22.7 Å². The van der Waals surface area contributed by atoms with Crippen LogP contribution >= 0.6 is 27.5 Å². The molecule has 1 aliphatic heterocycles. The first-order chi connectivity index (χ1) is 10.0. The van der Waals surface area contributed by atoms with E-state index in [1.54, 1.807) is 6.07 Å². The van der Waals surface area contributed by atoms with Crippen molar-refractivity contribution >= 4 is 33.4 Å². The first-order valence-corrected chi connectivity index (χ1v) is 8.64. The number of hydrogen-bond donors (Lipinski definition) is 1. The Morgan fingerprint density at radius 2 is 2.05 bits per heavy atom. The number of carbonyl (C=O) groups excluding carboxylic acids is 1. The van der Waals surface area contributed by atoms with Gasteiger partial charge in [0.1, 0.15) is 0 Å². The number of likely N-dealkylation sites (tertiary alicyclic amines) is 1. The van der Waals surface area contributed by atoms with Crippen molar-refractivity contribution in [2.45, 2.75) is 32.7 Å². The van der Waals surface area contributed by atoms with Gasteiger partial charge in [-0.15, -0.1) is 0 Å². The maximum Gasteiger partial charge on any atom is 0.252 e. The minimum atomic E-state index is -0.105. The van der Waals surface area contributed by atoms with E-state index in [4.69, 9.17) is 11.6 Å². The van der Waals surface area contributed by atoms with Gasteiger partial charge in [0.05, 0.1) is 10.6 Å². The van der Waals surface area contributed by atoms with Crippen LogP contribution in [0.1, 0.15) is 37.0 Å².